The number of halogens is 1. The molecule has 2 rings (SSSR count). The van der Waals surface area contributed by atoms with Crippen molar-refractivity contribution in [1.82, 2.24) is 15.1 Å². The van der Waals surface area contributed by atoms with Crippen LogP contribution in [0.1, 0.15) is 25.8 Å². The van der Waals surface area contributed by atoms with Gasteiger partial charge in [-0.2, -0.15) is 0 Å². The number of carbonyl (C=O) groups excluding carboxylic acids is 1. The average Bonchev–Trinajstić information content (AvgIpc) is 2.73. The molecule has 0 saturated carbocycles. The van der Waals surface area contributed by atoms with Crippen molar-refractivity contribution in [2.75, 3.05) is 53.6 Å². The van der Waals surface area contributed by atoms with Crippen LogP contribution in [0, 0.1) is 0 Å². The van der Waals surface area contributed by atoms with Crippen LogP contribution in [0.5, 0.6) is 11.5 Å². The first-order chi connectivity index (χ1) is 13.6. The molecule has 0 unspecified atom stereocenters. The number of piperazine rings is 1. The zero-order chi connectivity index (χ0) is 20.4. The van der Waals surface area contributed by atoms with Crippen molar-refractivity contribution in [3.05, 3.63) is 23.8 Å². The van der Waals surface area contributed by atoms with Gasteiger partial charge in [-0.25, -0.2) is 4.79 Å². The molecule has 164 valence electrons. The second kappa shape index (κ2) is 13.3. The molecule has 1 amide bonds. The fraction of sp³-hybridized carbons (Fsp3) is 0.600. The van der Waals surface area contributed by atoms with Gasteiger partial charge in [0.1, 0.15) is 0 Å². The van der Waals surface area contributed by atoms with Crippen LogP contribution in [0.4, 0.5) is 4.79 Å². The number of hydrogen-bond donors (Lipinski definition) is 1. The van der Waals surface area contributed by atoms with Crippen LogP contribution in [-0.2, 0) is 11.3 Å². The highest BCUT2D eigenvalue weighted by Crippen LogP contribution is 2.28. The monoisotopic (exact) mass is 520 g/mol. The summed E-state index contributed by atoms with van der Waals surface area (Å²) in [6, 6.07) is 5.93. The Labute approximate surface area is 190 Å². The molecular formula is C20H33IN4O4. The number of nitrogens with one attached hydrogen (secondary N) is 1. The number of benzene rings is 1. The van der Waals surface area contributed by atoms with Gasteiger partial charge in [-0.3, -0.25) is 4.99 Å². The Morgan fingerprint density at radius 1 is 1.14 bits per heavy atom. The van der Waals surface area contributed by atoms with Crippen LogP contribution in [0.15, 0.2) is 23.2 Å². The molecule has 1 N–H and O–H groups in total. The van der Waals surface area contributed by atoms with Crippen LogP contribution in [-0.4, -0.2) is 75.4 Å². The van der Waals surface area contributed by atoms with Gasteiger partial charge in [-0.05, 0) is 31.0 Å². The third-order valence-electron chi connectivity index (χ3n) is 4.46. The maximum atomic E-state index is 11.8. The minimum absolute atomic E-state index is 0. The van der Waals surface area contributed by atoms with Gasteiger partial charge in [0, 0.05) is 39.8 Å². The average molecular weight is 520 g/mol. The van der Waals surface area contributed by atoms with Crippen LogP contribution >= 0.6 is 24.0 Å². The highest BCUT2D eigenvalue weighted by molar-refractivity contribution is 14.0. The summed E-state index contributed by atoms with van der Waals surface area (Å²) in [5.41, 5.74) is 1.08. The number of amides is 1. The predicted molar refractivity (Wildman–Crippen MR) is 125 cm³/mol. The minimum Gasteiger partial charge on any atom is -0.493 e. The van der Waals surface area contributed by atoms with Gasteiger partial charge in [0.2, 0.25) is 0 Å². The lowest BCUT2D eigenvalue weighted by atomic mass is 10.2. The molecule has 1 aromatic carbocycles. The molecule has 1 heterocycles. The number of nitrogens with zero attached hydrogens (tertiary/aromatic N) is 3. The number of rotatable bonds is 7. The summed E-state index contributed by atoms with van der Waals surface area (Å²) in [6.07, 6.45) is 0.703. The molecule has 0 atom stereocenters. The van der Waals surface area contributed by atoms with E-state index < -0.39 is 0 Å². The number of guanidine groups is 1. The van der Waals surface area contributed by atoms with E-state index in [1.54, 1.807) is 19.1 Å². The van der Waals surface area contributed by atoms with Gasteiger partial charge in [-0.15, -0.1) is 24.0 Å². The van der Waals surface area contributed by atoms with Crippen LogP contribution < -0.4 is 14.8 Å². The fourth-order valence-corrected chi connectivity index (χ4v) is 2.98. The third kappa shape index (κ3) is 7.45. The van der Waals surface area contributed by atoms with Crippen LogP contribution in [0.3, 0.4) is 0 Å². The molecule has 1 aromatic rings. The highest BCUT2D eigenvalue weighted by Gasteiger charge is 2.23. The van der Waals surface area contributed by atoms with Gasteiger partial charge in [0.25, 0.3) is 0 Å². The Morgan fingerprint density at radius 2 is 1.83 bits per heavy atom. The molecule has 1 aliphatic rings. The summed E-state index contributed by atoms with van der Waals surface area (Å²) in [7, 11) is 3.41. The Hall–Kier alpha value is -1.91. The zero-order valence-corrected chi connectivity index (χ0v) is 20.1. The summed E-state index contributed by atoms with van der Waals surface area (Å²) < 4.78 is 16.2. The van der Waals surface area contributed by atoms with Gasteiger partial charge in [0.05, 0.1) is 20.3 Å². The van der Waals surface area contributed by atoms with Crippen LogP contribution in [0.2, 0.25) is 0 Å². The standard InChI is InChI=1S/C20H32N4O4.HI/c1-5-13-28-17-8-7-16(14-18(17)26-4)15-22-19(21-3)23-9-11-24(12-10-23)20(25)27-6-2;/h7-8,14H,5-6,9-13,15H2,1-4H3,(H,21,22);1H. The first-order valence-corrected chi connectivity index (χ1v) is 9.79. The largest absolute Gasteiger partial charge is 0.493 e. The molecule has 0 aliphatic carbocycles. The highest BCUT2D eigenvalue weighted by atomic mass is 127. The van der Waals surface area contributed by atoms with E-state index in [2.05, 4.69) is 22.1 Å². The van der Waals surface area contributed by atoms with E-state index in [4.69, 9.17) is 14.2 Å². The topological polar surface area (TPSA) is 75.6 Å². The molecule has 1 fully saturated rings. The molecule has 9 heteroatoms. The SMILES string of the molecule is CCCOc1ccc(CNC(=NC)N2CCN(C(=O)OCC)CC2)cc1OC.I. The van der Waals surface area contributed by atoms with Gasteiger partial charge < -0.3 is 29.3 Å². The summed E-state index contributed by atoms with van der Waals surface area (Å²) in [5.74, 6) is 2.30. The first-order valence-electron chi connectivity index (χ1n) is 9.79. The number of methoxy groups -OCH3 is 1. The van der Waals surface area contributed by atoms with E-state index in [-0.39, 0.29) is 30.1 Å². The summed E-state index contributed by atoms with van der Waals surface area (Å²) in [5, 5.41) is 3.38. The molecular weight excluding hydrogens is 487 g/mol. The molecule has 0 bridgehead atoms. The third-order valence-corrected chi connectivity index (χ3v) is 4.46. The van der Waals surface area contributed by atoms with Gasteiger partial charge in [0.15, 0.2) is 17.5 Å². The lowest BCUT2D eigenvalue weighted by Crippen LogP contribution is -2.53. The van der Waals surface area contributed by atoms with Crippen molar-refractivity contribution in [2.45, 2.75) is 26.8 Å². The quantitative estimate of drug-likeness (QED) is 0.339. The Kier molecular flexibility index (Phi) is 11.6. The molecule has 1 saturated heterocycles. The van der Waals surface area contributed by atoms with Gasteiger partial charge in [-0.1, -0.05) is 13.0 Å². The molecule has 0 aromatic heterocycles. The maximum absolute atomic E-state index is 11.8. The van der Waals surface area contributed by atoms with Gasteiger partial charge >= 0.3 is 6.09 Å². The number of ether oxygens (including phenoxy) is 3. The Balaban J connectivity index is 0.00000420. The number of hydrogen-bond acceptors (Lipinski definition) is 5. The second-order valence-corrected chi connectivity index (χ2v) is 6.41. The van der Waals surface area contributed by atoms with E-state index in [0.29, 0.717) is 45.9 Å². The Bertz CT molecular complexity index is 664. The lowest BCUT2D eigenvalue weighted by molar-refractivity contribution is 0.0914. The van der Waals surface area contributed by atoms with Crippen molar-refractivity contribution in [3.63, 3.8) is 0 Å². The fourth-order valence-electron chi connectivity index (χ4n) is 2.98. The smallest absolute Gasteiger partial charge is 0.409 e. The molecule has 0 spiro atoms. The molecule has 0 radical (unpaired) electrons. The van der Waals surface area contributed by atoms with Crippen molar-refractivity contribution in [3.8, 4) is 11.5 Å². The lowest BCUT2D eigenvalue weighted by Gasteiger charge is -2.35. The number of aliphatic imine (C=N–C) groups is 1. The second-order valence-electron chi connectivity index (χ2n) is 6.41. The van der Waals surface area contributed by atoms with Crippen molar-refractivity contribution in [1.29, 1.82) is 0 Å². The van der Waals surface area contributed by atoms with E-state index in [9.17, 15) is 4.79 Å². The molecule has 8 nitrogen and oxygen atoms in total. The van der Waals surface area contributed by atoms with Crippen molar-refractivity contribution >= 4 is 36.0 Å². The Morgan fingerprint density at radius 3 is 2.41 bits per heavy atom. The van der Waals surface area contributed by atoms with Crippen molar-refractivity contribution < 1.29 is 19.0 Å². The van der Waals surface area contributed by atoms with E-state index in [1.165, 1.54) is 0 Å². The van der Waals surface area contributed by atoms with E-state index in [1.807, 2.05) is 25.1 Å². The number of carbonyl (C=O) groups is 1. The first kappa shape index (κ1) is 25.1. The predicted octanol–water partition coefficient (Wildman–Crippen LogP) is 2.95. The normalized spacial score (nSPS) is 14.1. The summed E-state index contributed by atoms with van der Waals surface area (Å²) >= 11 is 0. The van der Waals surface area contributed by atoms with Crippen molar-refractivity contribution in [2.24, 2.45) is 4.99 Å². The van der Waals surface area contributed by atoms with Crippen LogP contribution in [0.25, 0.3) is 0 Å². The minimum atomic E-state index is -0.248. The van der Waals surface area contributed by atoms with E-state index in [0.717, 1.165) is 29.4 Å². The maximum Gasteiger partial charge on any atom is 0.409 e. The summed E-state index contributed by atoms with van der Waals surface area (Å²) in [4.78, 5) is 20.1. The zero-order valence-electron chi connectivity index (χ0n) is 17.8. The molecule has 1 aliphatic heterocycles. The summed E-state index contributed by atoms with van der Waals surface area (Å²) in [6.45, 7) is 8.24. The van der Waals surface area contributed by atoms with E-state index >= 15 is 0 Å². The molecule has 29 heavy (non-hydrogen) atoms.